The summed E-state index contributed by atoms with van der Waals surface area (Å²) < 4.78 is 16.4. The van der Waals surface area contributed by atoms with Crippen molar-refractivity contribution in [2.75, 3.05) is 14.2 Å². The van der Waals surface area contributed by atoms with Crippen molar-refractivity contribution in [3.8, 4) is 17.2 Å². The first-order chi connectivity index (χ1) is 15.0. The Morgan fingerprint density at radius 2 is 1.65 bits per heavy atom. The van der Waals surface area contributed by atoms with Gasteiger partial charge in [-0.05, 0) is 70.0 Å². The van der Waals surface area contributed by atoms with Gasteiger partial charge >= 0.3 is 5.97 Å². The number of carbonyl (C=O) groups excluding carboxylic acids is 2. The molecule has 0 aromatic heterocycles. The van der Waals surface area contributed by atoms with Crippen LogP contribution in [0.2, 0.25) is 0 Å². The number of hydrogen-bond acceptors (Lipinski definition) is 6. The van der Waals surface area contributed by atoms with Gasteiger partial charge in [-0.25, -0.2) is 10.2 Å². The molecule has 31 heavy (non-hydrogen) atoms. The number of ether oxygens (including phenoxy) is 3. The molecule has 1 amide bonds. The predicted octanol–water partition coefficient (Wildman–Crippen LogP) is 4.45. The number of methoxy groups -OCH3 is 2. The van der Waals surface area contributed by atoms with Gasteiger partial charge in [0.05, 0.1) is 30.5 Å². The molecule has 0 fully saturated rings. The van der Waals surface area contributed by atoms with E-state index in [-0.39, 0.29) is 11.7 Å². The lowest BCUT2D eigenvalue weighted by Crippen LogP contribution is -2.17. The molecular weight excluding hydrogens is 464 g/mol. The number of halogens is 1. The summed E-state index contributed by atoms with van der Waals surface area (Å²) in [6.45, 7) is 0. The van der Waals surface area contributed by atoms with Crippen molar-refractivity contribution >= 4 is 34.0 Å². The Balaban J connectivity index is 1.71. The summed E-state index contributed by atoms with van der Waals surface area (Å²) >= 11 is 3.39. The summed E-state index contributed by atoms with van der Waals surface area (Å²) in [6.07, 6.45) is 1.46. The SMILES string of the molecule is COc1ccc(C(=O)NN=Cc2cc(Br)c(OC(=O)c3ccccc3)c(OC)c2)cc1. The standard InChI is InChI=1S/C23H19BrN2O5/c1-29-18-10-8-16(9-11-18)22(27)26-25-14-15-12-19(24)21(20(13-15)30-2)31-23(28)17-6-4-3-5-7-17/h3-14H,1-2H3,(H,26,27). The highest BCUT2D eigenvalue weighted by Crippen LogP contribution is 2.36. The van der Waals surface area contributed by atoms with E-state index in [4.69, 9.17) is 14.2 Å². The first-order valence-electron chi connectivity index (χ1n) is 9.14. The second kappa shape index (κ2) is 10.4. The van der Waals surface area contributed by atoms with Crippen molar-refractivity contribution in [2.45, 2.75) is 0 Å². The number of hydrazone groups is 1. The number of nitrogens with one attached hydrogen (secondary N) is 1. The van der Waals surface area contributed by atoms with E-state index in [2.05, 4.69) is 26.5 Å². The van der Waals surface area contributed by atoms with Crippen molar-refractivity contribution in [1.29, 1.82) is 0 Å². The van der Waals surface area contributed by atoms with Crippen LogP contribution in [0.1, 0.15) is 26.3 Å². The Hall–Kier alpha value is -3.65. The van der Waals surface area contributed by atoms with Gasteiger partial charge in [0.1, 0.15) is 5.75 Å². The molecule has 0 aliphatic carbocycles. The Morgan fingerprint density at radius 1 is 0.935 bits per heavy atom. The van der Waals surface area contributed by atoms with Crippen LogP contribution in [0.4, 0.5) is 0 Å². The van der Waals surface area contributed by atoms with Crippen LogP contribution in [-0.2, 0) is 0 Å². The maximum Gasteiger partial charge on any atom is 0.343 e. The van der Waals surface area contributed by atoms with E-state index in [1.54, 1.807) is 67.8 Å². The van der Waals surface area contributed by atoms with Crippen molar-refractivity contribution in [1.82, 2.24) is 5.43 Å². The highest BCUT2D eigenvalue weighted by Gasteiger charge is 2.16. The predicted molar refractivity (Wildman–Crippen MR) is 120 cm³/mol. The molecule has 0 saturated carbocycles. The van der Waals surface area contributed by atoms with Gasteiger partial charge in [0.2, 0.25) is 0 Å². The third kappa shape index (κ3) is 5.70. The van der Waals surface area contributed by atoms with Gasteiger partial charge in [0.25, 0.3) is 5.91 Å². The molecule has 3 rings (SSSR count). The number of amides is 1. The molecule has 0 bridgehead atoms. The number of esters is 1. The molecule has 0 aliphatic rings. The van der Waals surface area contributed by atoms with E-state index in [9.17, 15) is 9.59 Å². The average Bonchev–Trinajstić information content (AvgIpc) is 2.81. The molecule has 0 aliphatic heterocycles. The van der Waals surface area contributed by atoms with Crippen molar-refractivity contribution in [3.05, 3.63) is 87.9 Å². The molecule has 0 saturated heterocycles. The second-order valence-electron chi connectivity index (χ2n) is 6.22. The Bertz CT molecular complexity index is 1100. The summed E-state index contributed by atoms with van der Waals surface area (Å²) in [6, 6.07) is 18.6. The largest absolute Gasteiger partial charge is 0.497 e. The molecule has 0 heterocycles. The van der Waals surface area contributed by atoms with Crippen molar-refractivity contribution < 1.29 is 23.8 Å². The van der Waals surface area contributed by atoms with Crippen LogP contribution in [0.5, 0.6) is 17.2 Å². The zero-order valence-corrected chi connectivity index (χ0v) is 18.4. The highest BCUT2D eigenvalue weighted by molar-refractivity contribution is 9.10. The number of carbonyl (C=O) groups is 2. The smallest absolute Gasteiger partial charge is 0.343 e. The number of hydrogen-bond donors (Lipinski definition) is 1. The van der Waals surface area contributed by atoms with E-state index in [1.807, 2.05) is 6.07 Å². The van der Waals surface area contributed by atoms with Gasteiger partial charge in [-0.15, -0.1) is 0 Å². The zero-order chi connectivity index (χ0) is 22.2. The number of nitrogens with zero attached hydrogens (tertiary/aromatic N) is 1. The minimum absolute atomic E-state index is 0.246. The molecule has 158 valence electrons. The first kappa shape index (κ1) is 22.0. The van der Waals surface area contributed by atoms with Gasteiger partial charge in [-0.3, -0.25) is 4.79 Å². The second-order valence-corrected chi connectivity index (χ2v) is 7.07. The Labute approximate surface area is 187 Å². The lowest BCUT2D eigenvalue weighted by atomic mass is 10.2. The van der Waals surface area contributed by atoms with Crippen LogP contribution in [0.25, 0.3) is 0 Å². The monoisotopic (exact) mass is 482 g/mol. The van der Waals surface area contributed by atoms with E-state index < -0.39 is 5.97 Å². The highest BCUT2D eigenvalue weighted by atomic mass is 79.9. The summed E-state index contributed by atoms with van der Waals surface area (Å²) in [5.41, 5.74) is 3.95. The normalized spacial score (nSPS) is 10.5. The topological polar surface area (TPSA) is 86.2 Å². The summed E-state index contributed by atoms with van der Waals surface area (Å²) in [7, 11) is 3.02. The lowest BCUT2D eigenvalue weighted by Gasteiger charge is -2.12. The summed E-state index contributed by atoms with van der Waals surface area (Å²) in [4.78, 5) is 24.5. The fourth-order valence-corrected chi connectivity index (χ4v) is 3.15. The van der Waals surface area contributed by atoms with Crippen LogP contribution < -0.4 is 19.6 Å². The van der Waals surface area contributed by atoms with Crippen LogP contribution in [0.3, 0.4) is 0 Å². The van der Waals surface area contributed by atoms with E-state index in [0.717, 1.165) is 0 Å². The van der Waals surface area contributed by atoms with Crippen LogP contribution in [0, 0.1) is 0 Å². The van der Waals surface area contributed by atoms with Crippen LogP contribution in [0.15, 0.2) is 76.3 Å². The zero-order valence-electron chi connectivity index (χ0n) is 16.8. The summed E-state index contributed by atoms with van der Waals surface area (Å²) in [5, 5.41) is 3.98. The minimum Gasteiger partial charge on any atom is -0.497 e. The number of benzene rings is 3. The first-order valence-corrected chi connectivity index (χ1v) is 9.93. The van der Waals surface area contributed by atoms with Gasteiger partial charge < -0.3 is 14.2 Å². The van der Waals surface area contributed by atoms with Gasteiger partial charge in [0.15, 0.2) is 11.5 Å². The fraction of sp³-hybridized carbons (Fsp3) is 0.0870. The number of rotatable bonds is 7. The van der Waals surface area contributed by atoms with E-state index in [1.165, 1.54) is 13.3 Å². The molecule has 3 aromatic carbocycles. The molecule has 1 N–H and O–H groups in total. The maximum absolute atomic E-state index is 12.4. The van der Waals surface area contributed by atoms with Crippen LogP contribution in [-0.4, -0.2) is 32.3 Å². The maximum atomic E-state index is 12.4. The molecule has 0 radical (unpaired) electrons. The molecule has 0 atom stereocenters. The van der Waals surface area contributed by atoms with Crippen molar-refractivity contribution in [2.24, 2.45) is 5.10 Å². The van der Waals surface area contributed by atoms with Gasteiger partial charge in [-0.1, -0.05) is 18.2 Å². The molecule has 0 unspecified atom stereocenters. The Morgan fingerprint density at radius 3 is 2.29 bits per heavy atom. The van der Waals surface area contributed by atoms with E-state index in [0.29, 0.717) is 32.7 Å². The third-order valence-electron chi connectivity index (χ3n) is 4.19. The molecule has 7 nitrogen and oxygen atoms in total. The summed E-state index contributed by atoms with van der Waals surface area (Å²) in [5.74, 6) is 0.369. The molecule has 0 spiro atoms. The quantitative estimate of drug-likeness (QED) is 0.232. The Kier molecular flexibility index (Phi) is 7.40. The average molecular weight is 483 g/mol. The molecule has 3 aromatic rings. The molecular formula is C23H19BrN2O5. The fourth-order valence-electron chi connectivity index (χ4n) is 2.61. The van der Waals surface area contributed by atoms with E-state index >= 15 is 0 Å². The third-order valence-corrected chi connectivity index (χ3v) is 4.78. The van der Waals surface area contributed by atoms with Gasteiger partial charge in [0, 0.05) is 5.56 Å². The van der Waals surface area contributed by atoms with Crippen molar-refractivity contribution in [3.63, 3.8) is 0 Å². The van der Waals surface area contributed by atoms with Gasteiger partial charge in [-0.2, -0.15) is 5.10 Å². The minimum atomic E-state index is -0.507. The van der Waals surface area contributed by atoms with Crippen LogP contribution >= 0.6 is 15.9 Å². The lowest BCUT2D eigenvalue weighted by molar-refractivity contribution is 0.0728. The molecule has 8 heteroatoms.